The molecule has 3 aromatic rings. The van der Waals surface area contributed by atoms with Gasteiger partial charge >= 0.3 is 0 Å². The summed E-state index contributed by atoms with van der Waals surface area (Å²) in [5.74, 6) is -0.451. The maximum absolute atomic E-state index is 13.1. The summed E-state index contributed by atoms with van der Waals surface area (Å²) in [5.41, 5.74) is 1.78. The fourth-order valence-electron chi connectivity index (χ4n) is 3.47. The van der Waals surface area contributed by atoms with E-state index in [1.165, 1.54) is 21.7 Å². The lowest BCUT2D eigenvalue weighted by Crippen LogP contribution is -2.39. The Hall–Kier alpha value is -2.33. The number of hydrogen-bond acceptors (Lipinski definition) is 6. The zero-order valence-corrected chi connectivity index (χ0v) is 19.2. The number of aromatic nitrogens is 2. The molecule has 0 unspecified atom stereocenters. The van der Waals surface area contributed by atoms with Gasteiger partial charge < -0.3 is 5.32 Å². The van der Waals surface area contributed by atoms with Crippen LogP contribution in [0.3, 0.4) is 0 Å². The van der Waals surface area contributed by atoms with Gasteiger partial charge in [0.05, 0.1) is 5.02 Å². The second kappa shape index (κ2) is 9.04. The number of hydrogen-bond donors (Lipinski definition) is 1. The van der Waals surface area contributed by atoms with E-state index in [1.807, 2.05) is 31.2 Å². The van der Waals surface area contributed by atoms with Crippen molar-refractivity contribution in [3.63, 3.8) is 0 Å². The van der Waals surface area contributed by atoms with Gasteiger partial charge in [-0.2, -0.15) is 4.31 Å². The predicted octanol–water partition coefficient (Wildman–Crippen LogP) is 4.32. The van der Waals surface area contributed by atoms with Gasteiger partial charge in [-0.3, -0.25) is 4.79 Å². The van der Waals surface area contributed by atoms with Crippen LogP contribution in [0.1, 0.15) is 39.1 Å². The van der Waals surface area contributed by atoms with Crippen LogP contribution in [-0.2, 0) is 10.0 Å². The highest BCUT2D eigenvalue weighted by Crippen LogP contribution is 2.33. The Balaban J connectivity index is 1.48. The van der Waals surface area contributed by atoms with E-state index < -0.39 is 10.0 Å². The zero-order valence-electron chi connectivity index (χ0n) is 16.8. The summed E-state index contributed by atoms with van der Waals surface area (Å²) >= 11 is 7.32. The number of rotatable bonds is 5. The number of carbonyl (C=O) groups excluding carboxylic acids is 1. The third-order valence-electron chi connectivity index (χ3n) is 5.13. The van der Waals surface area contributed by atoms with Gasteiger partial charge in [-0.25, -0.2) is 8.42 Å². The van der Waals surface area contributed by atoms with Crippen molar-refractivity contribution >= 4 is 44.6 Å². The molecule has 0 aliphatic carbocycles. The lowest BCUT2D eigenvalue weighted by molar-refractivity contribution is 0.102. The number of carbonyl (C=O) groups is 1. The number of aryl methyl sites for hydroxylation is 1. The Morgan fingerprint density at radius 2 is 1.90 bits per heavy atom. The quantitative estimate of drug-likeness (QED) is 0.592. The van der Waals surface area contributed by atoms with Crippen LogP contribution < -0.4 is 5.32 Å². The smallest absolute Gasteiger partial charge is 0.286 e. The molecule has 162 valence electrons. The summed E-state index contributed by atoms with van der Waals surface area (Å²) in [5, 5.41) is 12.1. The first-order valence-electron chi connectivity index (χ1n) is 9.80. The highest BCUT2D eigenvalue weighted by atomic mass is 35.5. The SMILES string of the molecule is Cc1ccc(NC(=O)c2nnc([C@@H]3CCCN(S(=O)(=O)c4ccccc4Cl)C3)s2)cc1. The van der Waals surface area contributed by atoms with E-state index in [0.29, 0.717) is 23.7 Å². The third-order valence-corrected chi connectivity index (χ3v) is 8.58. The number of halogens is 1. The normalized spacial score (nSPS) is 17.4. The summed E-state index contributed by atoms with van der Waals surface area (Å²) in [7, 11) is -3.71. The van der Waals surface area contributed by atoms with Crippen LogP contribution in [0.4, 0.5) is 5.69 Å². The molecule has 1 atom stereocenters. The Bertz CT molecular complexity index is 1200. The maximum atomic E-state index is 13.1. The van der Waals surface area contributed by atoms with Crippen LogP contribution in [-0.4, -0.2) is 41.9 Å². The van der Waals surface area contributed by atoms with E-state index in [2.05, 4.69) is 15.5 Å². The molecule has 0 saturated carbocycles. The molecule has 0 radical (unpaired) electrons. The topological polar surface area (TPSA) is 92.3 Å². The molecule has 1 saturated heterocycles. The second-order valence-corrected chi connectivity index (χ2v) is 10.7. The Morgan fingerprint density at radius 3 is 2.65 bits per heavy atom. The third kappa shape index (κ3) is 4.79. The number of piperidine rings is 1. The minimum absolute atomic E-state index is 0.104. The van der Waals surface area contributed by atoms with Gasteiger partial charge in [0.1, 0.15) is 9.90 Å². The van der Waals surface area contributed by atoms with Crippen LogP contribution in [0.2, 0.25) is 5.02 Å². The molecule has 7 nitrogen and oxygen atoms in total. The highest BCUT2D eigenvalue weighted by molar-refractivity contribution is 7.89. The van der Waals surface area contributed by atoms with Gasteiger partial charge in [0.2, 0.25) is 15.0 Å². The first-order valence-corrected chi connectivity index (χ1v) is 12.4. The van der Waals surface area contributed by atoms with Gasteiger partial charge in [-0.05, 0) is 44.0 Å². The molecule has 1 aromatic heterocycles. The molecule has 1 N–H and O–H groups in total. The predicted molar refractivity (Wildman–Crippen MR) is 121 cm³/mol. The van der Waals surface area contributed by atoms with Crippen LogP contribution in [0.5, 0.6) is 0 Å². The summed E-state index contributed by atoms with van der Waals surface area (Å²) < 4.78 is 27.6. The monoisotopic (exact) mass is 476 g/mol. The Morgan fingerprint density at radius 1 is 1.16 bits per heavy atom. The van der Waals surface area contributed by atoms with E-state index in [1.54, 1.807) is 18.2 Å². The molecule has 0 bridgehead atoms. The summed E-state index contributed by atoms with van der Waals surface area (Å²) in [4.78, 5) is 12.6. The first kappa shape index (κ1) is 21.9. The van der Waals surface area contributed by atoms with E-state index in [4.69, 9.17) is 11.6 Å². The van der Waals surface area contributed by atoms with Crippen molar-refractivity contribution in [3.05, 3.63) is 69.1 Å². The molecule has 2 aromatic carbocycles. The molecule has 4 rings (SSSR count). The fraction of sp³-hybridized carbons (Fsp3) is 0.286. The average Bonchev–Trinajstić information content (AvgIpc) is 3.26. The van der Waals surface area contributed by atoms with E-state index >= 15 is 0 Å². The molecular formula is C21H21ClN4O3S2. The Kier molecular flexibility index (Phi) is 6.38. The second-order valence-electron chi connectivity index (χ2n) is 7.40. The van der Waals surface area contributed by atoms with Crippen molar-refractivity contribution in [3.8, 4) is 0 Å². The summed E-state index contributed by atoms with van der Waals surface area (Å²) in [6, 6.07) is 13.9. The average molecular weight is 477 g/mol. The number of nitrogens with one attached hydrogen (secondary N) is 1. The van der Waals surface area contributed by atoms with Gasteiger partial charge in [-0.15, -0.1) is 10.2 Å². The highest BCUT2D eigenvalue weighted by Gasteiger charge is 2.33. The van der Waals surface area contributed by atoms with Crippen molar-refractivity contribution in [2.45, 2.75) is 30.6 Å². The minimum atomic E-state index is -3.71. The van der Waals surface area contributed by atoms with Crippen molar-refractivity contribution in [2.75, 3.05) is 18.4 Å². The number of benzene rings is 2. The maximum Gasteiger partial charge on any atom is 0.286 e. The minimum Gasteiger partial charge on any atom is -0.320 e. The number of sulfonamides is 1. The molecular weight excluding hydrogens is 456 g/mol. The summed E-state index contributed by atoms with van der Waals surface area (Å²) in [6.07, 6.45) is 1.47. The van der Waals surface area contributed by atoms with Crippen molar-refractivity contribution in [2.24, 2.45) is 0 Å². The van der Waals surface area contributed by atoms with Crippen LogP contribution in [0.15, 0.2) is 53.4 Å². The molecule has 1 amide bonds. The first-order chi connectivity index (χ1) is 14.8. The number of amides is 1. The standard InChI is InChI=1S/C21H21ClN4O3S2/c1-14-8-10-16(11-9-14)23-19(27)21-25-24-20(30-21)15-5-4-12-26(13-15)31(28,29)18-7-3-2-6-17(18)22/h2-3,6-11,15H,4-5,12-13H2,1H3,(H,23,27)/t15-/m1/s1. The number of nitrogens with zero attached hydrogens (tertiary/aromatic N) is 3. The van der Waals surface area contributed by atoms with E-state index in [9.17, 15) is 13.2 Å². The van der Waals surface area contributed by atoms with Gasteiger partial charge in [-0.1, -0.05) is 52.8 Å². The summed E-state index contributed by atoms with van der Waals surface area (Å²) in [6.45, 7) is 2.67. The van der Waals surface area contributed by atoms with Gasteiger partial charge in [0.25, 0.3) is 5.91 Å². The molecule has 31 heavy (non-hydrogen) atoms. The van der Waals surface area contributed by atoms with Crippen LogP contribution in [0.25, 0.3) is 0 Å². The fourth-order valence-corrected chi connectivity index (χ4v) is 6.35. The molecule has 0 spiro atoms. The van der Waals surface area contributed by atoms with Crippen molar-refractivity contribution in [1.29, 1.82) is 0 Å². The van der Waals surface area contributed by atoms with E-state index in [-0.39, 0.29) is 33.3 Å². The van der Waals surface area contributed by atoms with E-state index in [0.717, 1.165) is 12.0 Å². The molecule has 1 aliphatic heterocycles. The van der Waals surface area contributed by atoms with Crippen molar-refractivity contribution < 1.29 is 13.2 Å². The van der Waals surface area contributed by atoms with Crippen molar-refractivity contribution in [1.82, 2.24) is 14.5 Å². The van der Waals surface area contributed by atoms with Gasteiger partial charge in [0.15, 0.2) is 0 Å². The molecule has 1 aliphatic rings. The van der Waals surface area contributed by atoms with Crippen LogP contribution in [0, 0.1) is 6.92 Å². The largest absolute Gasteiger partial charge is 0.320 e. The van der Waals surface area contributed by atoms with Gasteiger partial charge in [0, 0.05) is 24.7 Å². The Labute approximate surface area is 190 Å². The zero-order chi connectivity index (χ0) is 22.0. The molecule has 1 fully saturated rings. The number of anilines is 1. The van der Waals surface area contributed by atoms with Crippen LogP contribution >= 0.6 is 22.9 Å². The lowest BCUT2D eigenvalue weighted by Gasteiger charge is -2.30. The lowest BCUT2D eigenvalue weighted by atomic mass is 10.0. The molecule has 2 heterocycles. The molecule has 10 heteroatoms.